The molecular formula is C28H41N7O5. The maximum absolute atomic E-state index is 13.4. The van der Waals surface area contributed by atoms with Gasteiger partial charge in [-0.2, -0.15) is 0 Å². The van der Waals surface area contributed by atoms with Crippen LogP contribution in [-0.2, 0) is 27.2 Å². The van der Waals surface area contributed by atoms with Gasteiger partial charge in [0.05, 0.1) is 6.04 Å². The van der Waals surface area contributed by atoms with E-state index in [9.17, 15) is 24.6 Å². The van der Waals surface area contributed by atoms with Gasteiger partial charge in [0.2, 0.25) is 17.7 Å². The van der Waals surface area contributed by atoms with E-state index in [2.05, 4.69) is 16.0 Å². The van der Waals surface area contributed by atoms with E-state index in [0.29, 0.717) is 48.1 Å². The summed E-state index contributed by atoms with van der Waals surface area (Å²) < 4.78 is 0. The van der Waals surface area contributed by atoms with Crippen molar-refractivity contribution in [2.45, 2.75) is 62.7 Å². The Morgan fingerprint density at radius 3 is 2.12 bits per heavy atom. The SMILES string of the molecule is NCCC[C@@H](N)CNC(=O)[C@H]1Cc2cc(ccc2O)-c2ccc(O)c(c2)C[C@H](N)C(=O)N[C@H](CCCN)C(=O)N1. The molecule has 0 aliphatic carbocycles. The molecular weight excluding hydrogens is 514 g/mol. The maximum Gasteiger partial charge on any atom is 0.243 e. The Labute approximate surface area is 233 Å². The number of fused-ring (bicyclic) bond motifs is 5. The Hall–Kier alpha value is -3.71. The van der Waals surface area contributed by atoms with Gasteiger partial charge in [-0.3, -0.25) is 14.4 Å². The van der Waals surface area contributed by atoms with E-state index in [0.717, 1.165) is 0 Å². The van der Waals surface area contributed by atoms with Crippen molar-refractivity contribution >= 4 is 17.7 Å². The highest BCUT2D eigenvalue weighted by Crippen LogP contribution is 2.30. The molecule has 2 aromatic carbocycles. The topological polar surface area (TPSA) is 232 Å². The number of carbonyl (C=O) groups excluding carboxylic acids is 3. The zero-order chi connectivity index (χ0) is 29.2. The van der Waals surface area contributed by atoms with Crippen LogP contribution in [0.3, 0.4) is 0 Å². The van der Waals surface area contributed by atoms with Crippen LogP contribution in [0.2, 0.25) is 0 Å². The number of benzene rings is 2. The number of phenols is 2. The summed E-state index contributed by atoms with van der Waals surface area (Å²) in [5.41, 5.74) is 25.8. The molecule has 12 heteroatoms. The van der Waals surface area contributed by atoms with Gasteiger partial charge in [0.15, 0.2) is 0 Å². The van der Waals surface area contributed by atoms with E-state index in [-0.39, 0.29) is 49.9 Å². The maximum atomic E-state index is 13.4. The van der Waals surface area contributed by atoms with Gasteiger partial charge in [-0.25, -0.2) is 0 Å². The normalized spacial score (nSPS) is 20.4. The molecule has 0 saturated carbocycles. The lowest BCUT2D eigenvalue weighted by atomic mass is 9.95. The van der Waals surface area contributed by atoms with Gasteiger partial charge in [0.25, 0.3) is 0 Å². The second-order valence-corrected chi connectivity index (χ2v) is 10.2. The minimum atomic E-state index is -1.08. The Balaban J connectivity index is 2.01. The number of amides is 3. The average Bonchev–Trinajstić information content (AvgIpc) is 2.94. The zero-order valence-electron chi connectivity index (χ0n) is 22.6. The molecule has 1 aliphatic heterocycles. The van der Waals surface area contributed by atoms with Gasteiger partial charge in [-0.15, -0.1) is 0 Å². The van der Waals surface area contributed by atoms with Gasteiger partial charge in [-0.1, -0.05) is 12.1 Å². The van der Waals surface area contributed by atoms with Crippen LogP contribution < -0.4 is 38.9 Å². The summed E-state index contributed by atoms with van der Waals surface area (Å²) in [6.45, 7) is 0.950. The minimum Gasteiger partial charge on any atom is -0.508 e. The highest BCUT2D eigenvalue weighted by molar-refractivity contribution is 5.93. The zero-order valence-corrected chi connectivity index (χ0v) is 22.6. The summed E-state index contributed by atoms with van der Waals surface area (Å²) in [4.78, 5) is 39.7. The fourth-order valence-electron chi connectivity index (χ4n) is 4.59. The summed E-state index contributed by atoms with van der Waals surface area (Å²) >= 11 is 0. The first-order valence-corrected chi connectivity index (χ1v) is 13.6. The molecule has 4 bridgehead atoms. The van der Waals surface area contributed by atoms with Crippen molar-refractivity contribution in [2.24, 2.45) is 22.9 Å². The molecule has 0 radical (unpaired) electrons. The van der Waals surface area contributed by atoms with Crippen LogP contribution in [0, 0.1) is 0 Å². The molecule has 3 rings (SSSR count). The number of aromatic hydroxyl groups is 2. The second kappa shape index (κ2) is 14.6. The Bertz CT molecular complexity index is 1190. The predicted octanol–water partition coefficient (Wildman–Crippen LogP) is -0.918. The van der Waals surface area contributed by atoms with Crippen molar-refractivity contribution in [1.29, 1.82) is 0 Å². The molecule has 0 spiro atoms. The monoisotopic (exact) mass is 555 g/mol. The van der Waals surface area contributed by atoms with E-state index in [4.69, 9.17) is 22.9 Å². The van der Waals surface area contributed by atoms with Crippen LogP contribution in [0.15, 0.2) is 36.4 Å². The standard InChI is InChI=1S/C28H41N7O5/c29-9-1-3-20(31)15-33-27(39)23-14-19-12-17(6-8-25(19)37)16-5-7-24(36)18(11-16)13-21(32)26(38)34-22(4-2-10-30)28(40)35-23/h5-8,11-12,20-23,36-37H,1-4,9-10,13-15,29-32H2,(H,33,39)(H,34,38)(H,35,40)/t20-,21+,22-,23-/m1/s1. The first-order valence-electron chi connectivity index (χ1n) is 13.6. The van der Waals surface area contributed by atoms with Crippen LogP contribution >= 0.6 is 0 Å². The molecule has 0 fully saturated rings. The van der Waals surface area contributed by atoms with E-state index in [1.54, 1.807) is 24.3 Å². The fraction of sp³-hybridized carbons (Fsp3) is 0.464. The Morgan fingerprint density at radius 1 is 0.925 bits per heavy atom. The Kier molecular flexibility index (Phi) is 11.3. The van der Waals surface area contributed by atoms with E-state index in [1.165, 1.54) is 12.1 Å². The van der Waals surface area contributed by atoms with Crippen LogP contribution in [0.5, 0.6) is 11.5 Å². The summed E-state index contributed by atoms with van der Waals surface area (Å²) in [5.74, 6) is -1.72. The number of nitrogens with two attached hydrogens (primary N) is 4. The number of rotatable bonds is 9. The molecule has 40 heavy (non-hydrogen) atoms. The Morgan fingerprint density at radius 2 is 1.52 bits per heavy atom. The quantitative estimate of drug-likeness (QED) is 0.186. The number of hydrogen-bond acceptors (Lipinski definition) is 9. The summed E-state index contributed by atoms with van der Waals surface area (Å²) in [6, 6.07) is 6.42. The third-order valence-corrected chi connectivity index (χ3v) is 6.97. The molecule has 218 valence electrons. The molecule has 0 aromatic heterocycles. The molecule has 12 nitrogen and oxygen atoms in total. The summed E-state index contributed by atoms with van der Waals surface area (Å²) in [6.07, 6.45) is 1.99. The first-order chi connectivity index (χ1) is 19.1. The van der Waals surface area contributed by atoms with Crippen molar-refractivity contribution in [3.8, 4) is 22.6 Å². The number of nitrogens with one attached hydrogen (secondary N) is 3. The highest BCUT2D eigenvalue weighted by Gasteiger charge is 2.29. The third-order valence-electron chi connectivity index (χ3n) is 6.97. The number of hydrogen-bond donors (Lipinski definition) is 9. The van der Waals surface area contributed by atoms with Crippen molar-refractivity contribution in [1.82, 2.24) is 16.0 Å². The van der Waals surface area contributed by atoms with Crippen molar-refractivity contribution in [3.05, 3.63) is 47.5 Å². The minimum absolute atomic E-state index is 0.0193. The first kappa shape index (κ1) is 30.8. The number of carbonyl (C=O) groups is 3. The second-order valence-electron chi connectivity index (χ2n) is 10.2. The van der Waals surface area contributed by atoms with E-state index >= 15 is 0 Å². The van der Waals surface area contributed by atoms with E-state index in [1.807, 2.05) is 0 Å². The molecule has 0 unspecified atom stereocenters. The smallest absolute Gasteiger partial charge is 0.243 e. The molecule has 4 atom stereocenters. The largest absolute Gasteiger partial charge is 0.508 e. The van der Waals surface area contributed by atoms with E-state index < -0.39 is 35.8 Å². The number of phenolic OH excluding ortho intramolecular Hbond substituents is 2. The molecule has 2 aromatic rings. The van der Waals surface area contributed by atoms with Crippen LogP contribution in [0.25, 0.3) is 11.1 Å². The van der Waals surface area contributed by atoms with Crippen molar-refractivity contribution in [2.75, 3.05) is 19.6 Å². The summed E-state index contributed by atoms with van der Waals surface area (Å²) in [5, 5.41) is 29.3. The lowest BCUT2D eigenvalue weighted by Gasteiger charge is -2.25. The third kappa shape index (κ3) is 8.39. The van der Waals surface area contributed by atoms with Gasteiger partial charge >= 0.3 is 0 Å². The summed E-state index contributed by atoms with van der Waals surface area (Å²) in [7, 11) is 0. The van der Waals surface area contributed by atoms with Crippen LogP contribution in [0.4, 0.5) is 0 Å². The van der Waals surface area contributed by atoms with Gasteiger partial charge in [0.1, 0.15) is 23.6 Å². The molecule has 3 amide bonds. The molecule has 1 heterocycles. The van der Waals surface area contributed by atoms with Gasteiger partial charge < -0.3 is 49.1 Å². The lowest BCUT2D eigenvalue weighted by Crippen LogP contribution is -2.57. The molecule has 1 aliphatic rings. The molecule has 13 N–H and O–H groups in total. The predicted molar refractivity (Wildman–Crippen MR) is 152 cm³/mol. The van der Waals surface area contributed by atoms with Crippen molar-refractivity contribution < 1.29 is 24.6 Å². The average molecular weight is 556 g/mol. The fourth-order valence-corrected chi connectivity index (χ4v) is 4.59. The van der Waals surface area contributed by atoms with Crippen LogP contribution in [0.1, 0.15) is 36.8 Å². The van der Waals surface area contributed by atoms with Crippen LogP contribution in [-0.4, -0.2) is 71.7 Å². The lowest BCUT2D eigenvalue weighted by molar-refractivity contribution is -0.132. The van der Waals surface area contributed by atoms with Gasteiger partial charge in [-0.05, 0) is 85.3 Å². The molecule has 0 saturated heterocycles. The highest BCUT2D eigenvalue weighted by atomic mass is 16.3. The van der Waals surface area contributed by atoms with Gasteiger partial charge in [0, 0.05) is 25.4 Å². The van der Waals surface area contributed by atoms with Crippen molar-refractivity contribution in [3.63, 3.8) is 0 Å².